The summed E-state index contributed by atoms with van der Waals surface area (Å²) in [6.45, 7) is 10.0. The molecule has 0 aromatic rings. The van der Waals surface area contributed by atoms with E-state index in [1.54, 1.807) is 0 Å². The summed E-state index contributed by atoms with van der Waals surface area (Å²) in [5.41, 5.74) is 5.78. The minimum atomic E-state index is -0.407. The molecule has 16 heavy (non-hydrogen) atoms. The smallest absolute Gasteiger partial charge is 0.237 e. The van der Waals surface area contributed by atoms with Crippen LogP contribution in [-0.2, 0) is 9.53 Å². The minimum absolute atomic E-state index is 0.0810. The number of nitrogens with one attached hydrogen (secondary N) is 1. The summed E-state index contributed by atoms with van der Waals surface area (Å²) in [7, 11) is 0. The van der Waals surface area contributed by atoms with Crippen LogP contribution in [0.2, 0.25) is 0 Å². The van der Waals surface area contributed by atoms with Crippen LogP contribution in [-0.4, -0.2) is 31.7 Å². The third-order valence-electron chi connectivity index (χ3n) is 2.56. The molecule has 4 heteroatoms. The van der Waals surface area contributed by atoms with E-state index >= 15 is 0 Å². The standard InChI is InChI=1S/C12H26N2O2/c1-5-10(4)11(13)12(15)14-6-7-16-8-9(2)3/h9-11H,5-8,13H2,1-4H3,(H,14,15). The van der Waals surface area contributed by atoms with Crippen molar-refractivity contribution in [3.8, 4) is 0 Å². The molecule has 0 aromatic heterocycles. The summed E-state index contributed by atoms with van der Waals surface area (Å²) in [4.78, 5) is 11.5. The average molecular weight is 230 g/mol. The molecule has 0 rings (SSSR count). The van der Waals surface area contributed by atoms with Gasteiger partial charge in [-0.05, 0) is 11.8 Å². The maximum absolute atomic E-state index is 11.5. The van der Waals surface area contributed by atoms with E-state index < -0.39 is 6.04 Å². The summed E-state index contributed by atoms with van der Waals surface area (Å²) in [5.74, 6) is 0.664. The van der Waals surface area contributed by atoms with Crippen molar-refractivity contribution in [2.45, 2.75) is 40.2 Å². The van der Waals surface area contributed by atoms with Gasteiger partial charge >= 0.3 is 0 Å². The monoisotopic (exact) mass is 230 g/mol. The van der Waals surface area contributed by atoms with Gasteiger partial charge in [0.25, 0.3) is 0 Å². The predicted octanol–water partition coefficient (Wildman–Crippen LogP) is 1.15. The Morgan fingerprint density at radius 2 is 2.00 bits per heavy atom. The third-order valence-corrected chi connectivity index (χ3v) is 2.56. The predicted molar refractivity (Wildman–Crippen MR) is 66.1 cm³/mol. The molecule has 3 N–H and O–H groups in total. The van der Waals surface area contributed by atoms with Gasteiger partial charge in [-0.25, -0.2) is 0 Å². The number of hydrogen-bond donors (Lipinski definition) is 2. The number of rotatable bonds is 8. The molecule has 0 radical (unpaired) electrons. The van der Waals surface area contributed by atoms with Gasteiger partial charge in [-0.2, -0.15) is 0 Å². The number of ether oxygens (including phenoxy) is 1. The van der Waals surface area contributed by atoms with Gasteiger partial charge < -0.3 is 15.8 Å². The molecule has 0 aliphatic heterocycles. The molecule has 96 valence electrons. The molecule has 0 heterocycles. The maximum atomic E-state index is 11.5. The second-order valence-corrected chi connectivity index (χ2v) is 4.67. The normalized spacial score (nSPS) is 14.9. The van der Waals surface area contributed by atoms with Crippen LogP contribution >= 0.6 is 0 Å². The van der Waals surface area contributed by atoms with Crippen molar-refractivity contribution in [3.05, 3.63) is 0 Å². The fraction of sp³-hybridized carbons (Fsp3) is 0.917. The molecule has 0 bridgehead atoms. The average Bonchev–Trinajstić information content (AvgIpc) is 2.25. The molecule has 0 aromatic carbocycles. The zero-order valence-electron chi connectivity index (χ0n) is 11.0. The van der Waals surface area contributed by atoms with E-state index in [-0.39, 0.29) is 11.8 Å². The zero-order chi connectivity index (χ0) is 12.6. The quantitative estimate of drug-likeness (QED) is 0.615. The molecule has 0 aliphatic rings. The first-order valence-electron chi connectivity index (χ1n) is 6.10. The van der Waals surface area contributed by atoms with Crippen molar-refractivity contribution in [1.82, 2.24) is 5.32 Å². The van der Waals surface area contributed by atoms with E-state index in [9.17, 15) is 4.79 Å². The van der Waals surface area contributed by atoms with Gasteiger partial charge in [0.15, 0.2) is 0 Å². The van der Waals surface area contributed by atoms with E-state index in [1.807, 2.05) is 13.8 Å². The molecule has 0 spiro atoms. The lowest BCUT2D eigenvalue weighted by Crippen LogP contribution is -2.45. The van der Waals surface area contributed by atoms with Crippen molar-refractivity contribution >= 4 is 5.91 Å². The third kappa shape index (κ3) is 6.80. The Morgan fingerprint density at radius 3 is 2.50 bits per heavy atom. The molecule has 1 amide bonds. The highest BCUT2D eigenvalue weighted by molar-refractivity contribution is 5.81. The number of carbonyl (C=O) groups excluding carboxylic acids is 1. The first-order chi connectivity index (χ1) is 7.49. The Bertz CT molecular complexity index is 195. The molecule has 0 fully saturated rings. The van der Waals surface area contributed by atoms with Crippen LogP contribution in [0.4, 0.5) is 0 Å². The minimum Gasteiger partial charge on any atom is -0.379 e. The van der Waals surface area contributed by atoms with Crippen LogP contribution in [0.15, 0.2) is 0 Å². The topological polar surface area (TPSA) is 64.4 Å². The van der Waals surface area contributed by atoms with Gasteiger partial charge in [0.05, 0.1) is 12.6 Å². The molecular weight excluding hydrogens is 204 g/mol. The molecule has 4 nitrogen and oxygen atoms in total. The molecule has 2 unspecified atom stereocenters. The SMILES string of the molecule is CCC(C)C(N)C(=O)NCCOCC(C)C. The van der Waals surface area contributed by atoms with Crippen molar-refractivity contribution in [1.29, 1.82) is 0 Å². The van der Waals surface area contributed by atoms with Crippen molar-refractivity contribution < 1.29 is 9.53 Å². The van der Waals surface area contributed by atoms with Crippen LogP contribution in [0.5, 0.6) is 0 Å². The van der Waals surface area contributed by atoms with E-state index in [0.717, 1.165) is 13.0 Å². The molecular formula is C12H26N2O2. The van der Waals surface area contributed by atoms with Crippen LogP contribution in [0.3, 0.4) is 0 Å². The number of hydrogen-bond acceptors (Lipinski definition) is 3. The maximum Gasteiger partial charge on any atom is 0.237 e. The molecule has 0 aliphatic carbocycles. The van der Waals surface area contributed by atoms with E-state index in [4.69, 9.17) is 10.5 Å². The fourth-order valence-corrected chi connectivity index (χ4v) is 1.20. The lowest BCUT2D eigenvalue weighted by Gasteiger charge is -2.17. The van der Waals surface area contributed by atoms with Gasteiger partial charge in [-0.3, -0.25) is 4.79 Å². The van der Waals surface area contributed by atoms with Crippen LogP contribution in [0.25, 0.3) is 0 Å². The van der Waals surface area contributed by atoms with Crippen molar-refractivity contribution in [2.24, 2.45) is 17.6 Å². The highest BCUT2D eigenvalue weighted by Crippen LogP contribution is 2.04. The summed E-state index contributed by atoms with van der Waals surface area (Å²) in [6.07, 6.45) is 0.915. The summed E-state index contributed by atoms with van der Waals surface area (Å²) in [6, 6.07) is -0.407. The van der Waals surface area contributed by atoms with Gasteiger partial charge in [-0.15, -0.1) is 0 Å². The Hall–Kier alpha value is -0.610. The van der Waals surface area contributed by atoms with Crippen LogP contribution in [0.1, 0.15) is 34.1 Å². The number of carbonyl (C=O) groups is 1. The largest absolute Gasteiger partial charge is 0.379 e. The first kappa shape index (κ1) is 15.4. The van der Waals surface area contributed by atoms with Gasteiger partial charge in [0.2, 0.25) is 5.91 Å². The Balaban J connectivity index is 3.57. The van der Waals surface area contributed by atoms with Crippen molar-refractivity contribution in [2.75, 3.05) is 19.8 Å². The fourth-order valence-electron chi connectivity index (χ4n) is 1.20. The van der Waals surface area contributed by atoms with Gasteiger partial charge in [-0.1, -0.05) is 34.1 Å². The lowest BCUT2D eigenvalue weighted by atomic mass is 9.99. The zero-order valence-corrected chi connectivity index (χ0v) is 11.0. The van der Waals surface area contributed by atoms with E-state index in [1.165, 1.54) is 0 Å². The Labute approximate surface area is 98.9 Å². The highest BCUT2D eigenvalue weighted by atomic mass is 16.5. The van der Waals surface area contributed by atoms with Crippen LogP contribution < -0.4 is 11.1 Å². The highest BCUT2D eigenvalue weighted by Gasteiger charge is 2.18. The molecule has 2 atom stereocenters. The second-order valence-electron chi connectivity index (χ2n) is 4.67. The molecule has 0 saturated heterocycles. The summed E-state index contributed by atoms with van der Waals surface area (Å²) >= 11 is 0. The summed E-state index contributed by atoms with van der Waals surface area (Å²) < 4.78 is 5.36. The lowest BCUT2D eigenvalue weighted by molar-refractivity contribution is -0.123. The van der Waals surface area contributed by atoms with Crippen molar-refractivity contribution in [3.63, 3.8) is 0 Å². The van der Waals surface area contributed by atoms with E-state index in [2.05, 4.69) is 19.2 Å². The number of nitrogens with two attached hydrogens (primary N) is 1. The summed E-state index contributed by atoms with van der Waals surface area (Å²) in [5, 5.41) is 2.78. The van der Waals surface area contributed by atoms with Crippen LogP contribution in [0, 0.1) is 11.8 Å². The van der Waals surface area contributed by atoms with E-state index in [0.29, 0.717) is 19.1 Å². The second kappa shape index (κ2) is 8.53. The molecule has 0 saturated carbocycles. The van der Waals surface area contributed by atoms with Gasteiger partial charge in [0.1, 0.15) is 0 Å². The van der Waals surface area contributed by atoms with Gasteiger partial charge in [0, 0.05) is 13.2 Å². The number of amides is 1. The Morgan fingerprint density at radius 1 is 1.38 bits per heavy atom. The first-order valence-corrected chi connectivity index (χ1v) is 6.10. The Kier molecular flexibility index (Phi) is 8.21.